The molecule has 0 amide bonds. The minimum atomic E-state index is -0.647. The Labute approximate surface area is 262 Å². The summed E-state index contributed by atoms with van der Waals surface area (Å²) in [5, 5.41) is 5.71. The summed E-state index contributed by atoms with van der Waals surface area (Å²) in [6.07, 6.45) is 1.89. The van der Waals surface area contributed by atoms with Gasteiger partial charge in [0.2, 0.25) is 0 Å². The van der Waals surface area contributed by atoms with Crippen molar-refractivity contribution in [2.75, 3.05) is 12.3 Å². The molecule has 0 saturated carbocycles. The Balaban J connectivity index is 1.56. The molecule has 0 N–H and O–H groups in total. The molecule has 0 aliphatic carbocycles. The summed E-state index contributed by atoms with van der Waals surface area (Å²) in [5.41, 5.74) is 10.6. The van der Waals surface area contributed by atoms with Gasteiger partial charge in [-0.1, -0.05) is 117 Å². The topological polar surface area (TPSA) is 18.5 Å². The monoisotopic (exact) mass is 610 g/mol. The van der Waals surface area contributed by atoms with Crippen LogP contribution in [0.4, 0.5) is 0 Å². The maximum atomic E-state index is 6.83. The smallest absolute Gasteiger partial charge is 0.163 e. The molecule has 1 aliphatic rings. The first-order chi connectivity index (χ1) is 20.2. The highest BCUT2D eigenvalue weighted by atomic mass is 31.1. The van der Waals surface area contributed by atoms with E-state index in [9.17, 15) is 0 Å². The van der Waals surface area contributed by atoms with Gasteiger partial charge in [-0.3, -0.25) is 0 Å². The predicted octanol–water partition coefficient (Wildman–Crippen LogP) is 8.24. The Morgan fingerprint density at radius 2 is 0.628 bits per heavy atom. The van der Waals surface area contributed by atoms with Crippen LogP contribution in [0.1, 0.15) is 58.4 Å². The molecule has 0 radical (unpaired) electrons. The van der Waals surface area contributed by atoms with E-state index < -0.39 is 21.6 Å². The Morgan fingerprint density at radius 1 is 0.419 bits per heavy atom. The lowest BCUT2D eigenvalue weighted by atomic mass is 10.2. The van der Waals surface area contributed by atoms with E-state index in [1.165, 1.54) is 65.7 Å². The zero-order chi connectivity index (χ0) is 31.1. The summed E-state index contributed by atoms with van der Waals surface area (Å²) in [5.74, 6) is -0.618. The van der Waals surface area contributed by atoms with Crippen molar-refractivity contribution < 1.29 is 9.47 Å². The number of aryl methyl sites for hydroxylation is 8. The Hall–Kier alpha value is -2.34. The summed E-state index contributed by atoms with van der Waals surface area (Å²) in [6, 6.07) is 28.3. The fraction of sp³-hybridized carbons (Fsp3) is 0.385. The van der Waals surface area contributed by atoms with Gasteiger partial charge in [0.25, 0.3) is 0 Å². The minimum Gasteiger partial charge on any atom is -0.344 e. The summed E-state index contributed by atoms with van der Waals surface area (Å²) < 4.78 is 13.7. The van der Waals surface area contributed by atoms with Gasteiger partial charge in [0.1, 0.15) is 0 Å². The molecule has 1 fully saturated rings. The first kappa shape index (κ1) is 32.1. The lowest BCUT2D eigenvalue weighted by Gasteiger charge is -2.28. The Kier molecular flexibility index (Phi) is 9.66. The molecule has 4 heteroatoms. The van der Waals surface area contributed by atoms with Crippen molar-refractivity contribution in [1.29, 1.82) is 0 Å². The van der Waals surface area contributed by atoms with Crippen LogP contribution in [0, 0.1) is 55.4 Å². The molecule has 1 aliphatic heterocycles. The van der Waals surface area contributed by atoms with Crippen LogP contribution in [0.3, 0.4) is 0 Å². The van der Waals surface area contributed by atoms with E-state index in [-0.39, 0.29) is 12.2 Å². The predicted molar refractivity (Wildman–Crippen MR) is 190 cm³/mol. The van der Waals surface area contributed by atoms with E-state index in [4.69, 9.17) is 9.47 Å². The molecular formula is C39H48O2P2. The normalized spacial score (nSPS) is 18.1. The summed E-state index contributed by atoms with van der Waals surface area (Å²) in [4.78, 5) is 0. The van der Waals surface area contributed by atoms with Crippen LogP contribution in [-0.4, -0.2) is 30.3 Å². The third-order valence-corrected chi connectivity index (χ3v) is 13.1. The van der Waals surface area contributed by atoms with Gasteiger partial charge in [-0.25, -0.2) is 0 Å². The van der Waals surface area contributed by atoms with Gasteiger partial charge < -0.3 is 9.47 Å². The third-order valence-electron chi connectivity index (χ3n) is 8.08. The summed E-state index contributed by atoms with van der Waals surface area (Å²) in [6.45, 7) is 21.9. The van der Waals surface area contributed by atoms with Crippen molar-refractivity contribution in [2.24, 2.45) is 0 Å². The van der Waals surface area contributed by atoms with Gasteiger partial charge in [-0.05, 0) is 106 Å². The Morgan fingerprint density at radius 3 is 0.837 bits per heavy atom. The van der Waals surface area contributed by atoms with Gasteiger partial charge in [-0.2, -0.15) is 0 Å². The van der Waals surface area contributed by atoms with E-state index >= 15 is 0 Å². The maximum absolute atomic E-state index is 6.83. The standard InChI is InChI=1S/C39H48O2P2/c1-25-11-26(2)16-33(15-25)42(34-17-27(3)12-28(4)18-34)23-37-38(41-39(9,10)40-37)24-43(35-19-29(5)13-30(6)20-35)36-21-31(7)14-32(8)22-36/h11-22,37-38H,23-24H2,1-10H3/t37-,38+. The van der Waals surface area contributed by atoms with Crippen molar-refractivity contribution in [3.05, 3.63) is 117 Å². The molecule has 5 rings (SSSR count). The van der Waals surface area contributed by atoms with Crippen molar-refractivity contribution >= 4 is 37.1 Å². The second-order valence-electron chi connectivity index (χ2n) is 13.3. The van der Waals surface area contributed by atoms with E-state index in [1.54, 1.807) is 0 Å². The first-order valence-corrected chi connectivity index (χ1v) is 18.5. The van der Waals surface area contributed by atoms with Crippen molar-refractivity contribution in [2.45, 2.75) is 87.2 Å². The minimum absolute atomic E-state index is 0.00422. The molecule has 43 heavy (non-hydrogen) atoms. The Bertz CT molecular complexity index is 1320. The van der Waals surface area contributed by atoms with Crippen LogP contribution in [0.2, 0.25) is 0 Å². The highest BCUT2D eigenvalue weighted by Gasteiger charge is 2.43. The van der Waals surface area contributed by atoms with Gasteiger partial charge in [-0.15, -0.1) is 0 Å². The molecule has 0 aromatic heterocycles. The second kappa shape index (κ2) is 12.9. The number of benzene rings is 4. The summed E-state index contributed by atoms with van der Waals surface area (Å²) >= 11 is 0. The molecule has 226 valence electrons. The second-order valence-corrected chi connectivity index (χ2v) is 17.8. The van der Waals surface area contributed by atoms with Crippen molar-refractivity contribution in [1.82, 2.24) is 0 Å². The van der Waals surface area contributed by atoms with E-state index in [2.05, 4.69) is 142 Å². The SMILES string of the molecule is Cc1cc(C)cc(P(C[C@@H]2OC(C)(C)O[C@@H]2CP(c2cc(C)cc(C)c2)c2cc(C)cc(C)c2)c2cc(C)cc(C)c2)c1. The lowest BCUT2D eigenvalue weighted by Crippen LogP contribution is -2.34. The number of hydrogen-bond donors (Lipinski definition) is 0. The molecule has 0 unspecified atom stereocenters. The summed E-state index contributed by atoms with van der Waals surface area (Å²) in [7, 11) is -1.29. The molecular weight excluding hydrogens is 562 g/mol. The average Bonchev–Trinajstić information content (AvgIpc) is 3.16. The van der Waals surface area contributed by atoms with Crippen LogP contribution >= 0.6 is 15.8 Å². The van der Waals surface area contributed by atoms with Crippen LogP contribution in [-0.2, 0) is 9.47 Å². The van der Waals surface area contributed by atoms with Crippen LogP contribution in [0.15, 0.2) is 72.8 Å². The van der Waals surface area contributed by atoms with E-state index in [1.807, 2.05) is 0 Å². The van der Waals surface area contributed by atoms with Crippen molar-refractivity contribution in [3.63, 3.8) is 0 Å². The highest BCUT2D eigenvalue weighted by Crippen LogP contribution is 2.45. The van der Waals surface area contributed by atoms with Crippen LogP contribution < -0.4 is 21.2 Å². The van der Waals surface area contributed by atoms with Crippen LogP contribution in [0.5, 0.6) is 0 Å². The highest BCUT2D eigenvalue weighted by molar-refractivity contribution is 7.73. The van der Waals surface area contributed by atoms with Gasteiger partial charge in [0, 0.05) is 12.3 Å². The third kappa shape index (κ3) is 8.04. The lowest BCUT2D eigenvalue weighted by molar-refractivity contribution is -0.142. The zero-order valence-corrected chi connectivity index (χ0v) is 29.5. The molecule has 0 bridgehead atoms. The molecule has 2 nitrogen and oxygen atoms in total. The number of ether oxygens (including phenoxy) is 2. The van der Waals surface area contributed by atoms with E-state index in [0.29, 0.717) is 0 Å². The average molecular weight is 611 g/mol. The number of hydrogen-bond acceptors (Lipinski definition) is 2. The maximum Gasteiger partial charge on any atom is 0.163 e. The van der Waals surface area contributed by atoms with Gasteiger partial charge >= 0.3 is 0 Å². The van der Waals surface area contributed by atoms with E-state index in [0.717, 1.165) is 12.3 Å². The van der Waals surface area contributed by atoms with Crippen LogP contribution in [0.25, 0.3) is 0 Å². The fourth-order valence-corrected chi connectivity index (χ4v) is 12.4. The van der Waals surface area contributed by atoms with Gasteiger partial charge in [0.15, 0.2) is 5.79 Å². The molecule has 1 heterocycles. The molecule has 0 spiro atoms. The largest absolute Gasteiger partial charge is 0.344 e. The fourth-order valence-electron chi connectivity index (χ4n) is 6.72. The quantitative estimate of drug-likeness (QED) is 0.187. The van der Waals surface area contributed by atoms with Gasteiger partial charge in [0.05, 0.1) is 12.2 Å². The molecule has 4 aromatic carbocycles. The molecule has 2 atom stereocenters. The van der Waals surface area contributed by atoms with Crippen molar-refractivity contribution in [3.8, 4) is 0 Å². The molecule has 1 saturated heterocycles. The number of rotatable bonds is 8. The molecule has 4 aromatic rings. The zero-order valence-electron chi connectivity index (χ0n) is 27.7. The first-order valence-electron chi connectivity index (χ1n) is 15.5.